The van der Waals surface area contributed by atoms with Crippen LogP contribution in [0.2, 0.25) is 0 Å². The Kier molecular flexibility index (Phi) is 4.48. The lowest BCUT2D eigenvalue weighted by Gasteiger charge is -2.36. The second kappa shape index (κ2) is 6.34. The van der Waals surface area contributed by atoms with Gasteiger partial charge in [0, 0.05) is 19.7 Å². The van der Waals surface area contributed by atoms with E-state index in [9.17, 15) is 5.11 Å². The zero-order valence-corrected chi connectivity index (χ0v) is 12.9. The highest BCUT2D eigenvalue weighted by Gasteiger charge is 2.36. The Labute approximate surface area is 126 Å². The van der Waals surface area contributed by atoms with Gasteiger partial charge in [-0.15, -0.1) is 0 Å². The van der Waals surface area contributed by atoms with Crippen molar-refractivity contribution in [2.24, 2.45) is 5.92 Å². The fourth-order valence-electron chi connectivity index (χ4n) is 3.79. The predicted molar refractivity (Wildman–Crippen MR) is 81.6 cm³/mol. The zero-order chi connectivity index (χ0) is 14.8. The van der Waals surface area contributed by atoms with E-state index in [1.54, 1.807) is 14.2 Å². The smallest absolute Gasteiger partial charge is 0.119 e. The lowest BCUT2D eigenvalue weighted by atomic mass is 9.85. The number of ether oxygens (including phenoxy) is 2. The first-order chi connectivity index (χ1) is 10.2. The molecule has 1 fully saturated rings. The number of aliphatic hydroxyl groups excluding tert-OH is 1. The summed E-state index contributed by atoms with van der Waals surface area (Å²) >= 11 is 0. The summed E-state index contributed by atoms with van der Waals surface area (Å²) in [7, 11) is 3.44. The number of aliphatic hydroxyl groups is 1. The molecule has 1 aromatic carbocycles. The van der Waals surface area contributed by atoms with Crippen LogP contribution in [0.5, 0.6) is 5.75 Å². The largest absolute Gasteiger partial charge is 0.497 e. The van der Waals surface area contributed by atoms with Gasteiger partial charge in [-0.1, -0.05) is 6.07 Å². The molecule has 4 heteroatoms. The minimum absolute atomic E-state index is 0.228. The molecule has 0 bridgehead atoms. The molecule has 0 saturated carbocycles. The van der Waals surface area contributed by atoms with Crippen LogP contribution in [0, 0.1) is 5.92 Å². The predicted octanol–water partition coefficient (Wildman–Crippen LogP) is 2.01. The maximum Gasteiger partial charge on any atom is 0.119 e. The molecule has 3 rings (SSSR count). The maximum atomic E-state index is 10.8. The fraction of sp³-hybridized carbons (Fsp3) is 0.647. The van der Waals surface area contributed by atoms with Crippen LogP contribution in [0.1, 0.15) is 30.1 Å². The van der Waals surface area contributed by atoms with Crippen molar-refractivity contribution in [3.05, 3.63) is 29.3 Å². The molecule has 3 unspecified atom stereocenters. The van der Waals surface area contributed by atoms with E-state index in [1.165, 1.54) is 12.0 Å². The van der Waals surface area contributed by atoms with Gasteiger partial charge in [0.05, 0.1) is 19.8 Å². The molecule has 0 aromatic heterocycles. The molecule has 1 N–H and O–H groups in total. The highest BCUT2D eigenvalue weighted by Crippen LogP contribution is 2.36. The van der Waals surface area contributed by atoms with E-state index >= 15 is 0 Å². The number of rotatable bonds is 4. The Morgan fingerprint density at radius 3 is 2.90 bits per heavy atom. The monoisotopic (exact) mass is 291 g/mol. The van der Waals surface area contributed by atoms with Crippen molar-refractivity contribution in [1.29, 1.82) is 0 Å². The number of fused-ring (bicyclic) bond motifs is 1. The summed E-state index contributed by atoms with van der Waals surface area (Å²) in [5.41, 5.74) is 2.30. The van der Waals surface area contributed by atoms with E-state index in [0.717, 1.165) is 43.9 Å². The van der Waals surface area contributed by atoms with Crippen molar-refractivity contribution in [2.75, 3.05) is 33.9 Å². The second-order valence-corrected chi connectivity index (χ2v) is 6.22. The molecule has 1 saturated heterocycles. The van der Waals surface area contributed by atoms with Crippen LogP contribution in [0.3, 0.4) is 0 Å². The van der Waals surface area contributed by atoms with Crippen LogP contribution in [0.15, 0.2) is 18.2 Å². The van der Waals surface area contributed by atoms with Crippen molar-refractivity contribution in [1.82, 2.24) is 4.90 Å². The Bertz CT molecular complexity index is 491. The molecule has 2 aliphatic rings. The summed E-state index contributed by atoms with van der Waals surface area (Å²) in [5.74, 6) is 1.43. The number of hydrogen-bond donors (Lipinski definition) is 1. The van der Waals surface area contributed by atoms with Crippen molar-refractivity contribution >= 4 is 0 Å². The third-order valence-electron chi connectivity index (χ3n) is 4.93. The molecule has 0 radical (unpaired) electrons. The summed E-state index contributed by atoms with van der Waals surface area (Å²) in [6, 6.07) is 6.29. The minimum atomic E-state index is -0.412. The van der Waals surface area contributed by atoms with E-state index < -0.39 is 6.10 Å². The molecule has 1 aliphatic carbocycles. The first-order valence-electron chi connectivity index (χ1n) is 7.80. The molecule has 0 spiro atoms. The normalized spacial score (nSPS) is 29.4. The van der Waals surface area contributed by atoms with Gasteiger partial charge in [0.2, 0.25) is 0 Å². The van der Waals surface area contributed by atoms with Gasteiger partial charge >= 0.3 is 0 Å². The van der Waals surface area contributed by atoms with Gasteiger partial charge in [-0.2, -0.15) is 0 Å². The van der Waals surface area contributed by atoms with E-state index in [0.29, 0.717) is 5.92 Å². The van der Waals surface area contributed by atoms with Crippen LogP contribution >= 0.6 is 0 Å². The van der Waals surface area contributed by atoms with Gasteiger partial charge in [0.15, 0.2) is 0 Å². The summed E-state index contributed by atoms with van der Waals surface area (Å²) in [6.45, 7) is 2.92. The summed E-state index contributed by atoms with van der Waals surface area (Å²) in [6.07, 6.45) is 2.82. The molecule has 1 heterocycles. The standard InChI is InChI=1S/C17H25NO3/c1-20-11-12-7-8-18(10-12)16-6-4-13-3-5-14(21-2)9-15(13)17(16)19/h3,5,9,12,16-17,19H,4,6-8,10-11H2,1-2H3. The third kappa shape index (κ3) is 2.93. The van der Waals surface area contributed by atoms with Crippen molar-refractivity contribution in [3.63, 3.8) is 0 Å². The lowest BCUT2D eigenvalue weighted by Crippen LogP contribution is -2.41. The Morgan fingerprint density at radius 2 is 2.14 bits per heavy atom. The number of aryl methyl sites for hydroxylation is 1. The highest BCUT2D eigenvalue weighted by molar-refractivity contribution is 5.39. The number of methoxy groups -OCH3 is 2. The Balaban J connectivity index is 1.74. The molecular weight excluding hydrogens is 266 g/mol. The minimum Gasteiger partial charge on any atom is -0.497 e. The highest BCUT2D eigenvalue weighted by atomic mass is 16.5. The van der Waals surface area contributed by atoms with Gasteiger partial charge in [-0.3, -0.25) is 4.90 Å². The summed E-state index contributed by atoms with van der Waals surface area (Å²) in [5, 5.41) is 10.8. The number of likely N-dealkylation sites (tertiary alicyclic amines) is 1. The van der Waals surface area contributed by atoms with Crippen molar-refractivity contribution in [3.8, 4) is 5.75 Å². The van der Waals surface area contributed by atoms with Crippen LogP contribution < -0.4 is 4.74 Å². The van der Waals surface area contributed by atoms with Crippen molar-refractivity contribution in [2.45, 2.75) is 31.4 Å². The average molecular weight is 291 g/mol. The number of benzene rings is 1. The Hall–Kier alpha value is -1.10. The third-order valence-corrected chi connectivity index (χ3v) is 4.93. The molecular formula is C17H25NO3. The van der Waals surface area contributed by atoms with Gasteiger partial charge in [-0.25, -0.2) is 0 Å². The summed E-state index contributed by atoms with van der Waals surface area (Å²) in [4.78, 5) is 2.44. The molecule has 21 heavy (non-hydrogen) atoms. The quantitative estimate of drug-likeness (QED) is 0.921. The Morgan fingerprint density at radius 1 is 1.29 bits per heavy atom. The number of nitrogens with zero attached hydrogens (tertiary/aromatic N) is 1. The van der Waals surface area contributed by atoms with Crippen molar-refractivity contribution < 1.29 is 14.6 Å². The van der Waals surface area contributed by atoms with E-state index in [4.69, 9.17) is 9.47 Å². The van der Waals surface area contributed by atoms with Crippen LogP contribution in [-0.4, -0.2) is 50.0 Å². The zero-order valence-electron chi connectivity index (χ0n) is 12.9. The summed E-state index contributed by atoms with van der Waals surface area (Å²) < 4.78 is 10.6. The SMILES string of the molecule is COCC1CCN(C2CCc3ccc(OC)cc3C2O)C1. The van der Waals surface area contributed by atoms with Crippen LogP contribution in [-0.2, 0) is 11.2 Å². The van der Waals surface area contributed by atoms with E-state index in [2.05, 4.69) is 11.0 Å². The van der Waals surface area contributed by atoms with Gasteiger partial charge in [-0.05, 0) is 55.0 Å². The average Bonchev–Trinajstić information content (AvgIpc) is 2.96. The molecule has 1 aliphatic heterocycles. The molecule has 4 nitrogen and oxygen atoms in total. The van der Waals surface area contributed by atoms with Crippen LogP contribution in [0.4, 0.5) is 0 Å². The van der Waals surface area contributed by atoms with E-state index in [1.807, 2.05) is 12.1 Å². The molecule has 116 valence electrons. The maximum absolute atomic E-state index is 10.8. The number of hydrogen-bond acceptors (Lipinski definition) is 4. The molecule has 3 atom stereocenters. The first kappa shape index (κ1) is 14.8. The van der Waals surface area contributed by atoms with Crippen LogP contribution in [0.25, 0.3) is 0 Å². The first-order valence-corrected chi connectivity index (χ1v) is 7.80. The second-order valence-electron chi connectivity index (χ2n) is 6.22. The lowest BCUT2D eigenvalue weighted by molar-refractivity contribution is 0.0438. The van der Waals surface area contributed by atoms with E-state index in [-0.39, 0.29) is 6.04 Å². The van der Waals surface area contributed by atoms with Gasteiger partial charge in [0.1, 0.15) is 5.75 Å². The van der Waals surface area contributed by atoms with Gasteiger partial charge < -0.3 is 14.6 Å². The molecule has 1 aromatic rings. The fourth-order valence-corrected chi connectivity index (χ4v) is 3.79. The molecule has 0 amide bonds. The topological polar surface area (TPSA) is 41.9 Å². The van der Waals surface area contributed by atoms with Gasteiger partial charge in [0.25, 0.3) is 0 Å².